The molecule has 14 heavy (non-hydrogen) atoms. The Morgan fingerprint density at radius 3 is 3.29 bits per heavy atom. The maximum Gasteiger partial charge on any atom is 0.359 e. The largest absolute Gasteiger partial charge is 0.464 e. The van der Waals surface area contributed by atoms with Gasteiger partial charge in [0.1, 0.15) is 12.1 Å². The number of hydrogen-bond donors (Lipinski definition) is 0. The highest BCUT2D eigenvalue weighted by Crippen LogP contribution is 2.26. The molecule has 2 heterocycles. The molecule has 0 aromatic heterocycles. The van der Waals surface area contributed by atoms with Crippen LogP contribution in [0.2, 0.25) is 0 Å². The molecule has 0 saturated carbocycles. The highest BCUT2D eigenvalue weighted by atomic mass is 32.2. The number of fused-ring (bicyclic) bond motifs is 1. The number of thioether (sulfide) groups is 1. The van der Waals surface area contributed by atoms with Gasteiger partial charge >= 0.3 is 5.97 Å². The van der Waals surface area contributed by atoms with E-state index >= 15 is 0 Å². The van der Waals surface area contributed by atoms with Gasteiger partial charge in [0.25, 0.3) is 0 Å². The third-order valence-corrected chi connectivity index (χ3v) is 2.59. The number of esters is 1. The highest BCUT2D eigenvalue weighted by Gasteiger charge is 2.26. The van der Waals surface area contributed by atoms with Crippen molar-refractivity contribution in [2.75, 3.05) is 13.0 Å². The van der Waals surface area contributed by atoms with E-state index in [1.54, 1.807) is 6.20 Å². The van der Waals surface area contributed by atoms with Gasteiger partial charge in [0.15, 0.2) is 5.71 Å². The summed E-state index contributed by atoms with van der Waals surface area (Å²) in [6.45, 7) is 0. The molecule has 72 valence electrons. The van der Waals surface area contributed by atoms with Crippen molar-refractivity contribution in [2.24, 2.45) is 15.0 Å². The molecule has 5 nitrogen and oxygen atoms in total. The van der Waals surface area contributed by atoms with Gasteiger partial charge in [-0.2, -0.15) is 0 Å². The number of carbonyl (C=O) groups excluding carboxylic acids is 1. The van der Waals surface area contributed by atoms with Crippen LogP contribution >= 0.6 is 11.8 Å². The summed E-state index contributed by atoms with van der Waals surface area (Å²) < 4.78 is 4.60. The van der Waals surface area contributed by atoms with E-state index in [-0.39, 0.29) is 5.71 Å². The Kier molecular flexibility index (Phi) is 2.45. The Morgan fingerprint density at radius 2 is 2.50 bits per heavy atom. The smallest absolute Gasteiger partial charge is 0.359 e. The van der Waals surface area contributed by atoms with Gasteiger partial charge in [-0.05, 0) is 0 Å². The van der Waals surface area contributed by atoms with E-state index in [0.29, 0.717) is 11.6 Å². The van der Waals surface area contributed by atoms with Crippen molar-refractivity contribution in [1.29, 1.82) is 0 Å². The lowest BCUT2D eigenvalue weighted by Gasteiger charge is -2.01. The number of nitrogens with zero attached hydrogens (tertiary/aromatic N) is 3. The van der Waals surface area contributed by atoms with E-state index in [1.807, 2.05) is 0 Å². The fourth-order valence-electron chi connectivity index (χ4n) is 1.10. The highest BCUT2D eigenvalue weighted by molar-refractivity contribution is 8.04. The molecule has 0 aliphatic carbocycles. The molecule has 0 unspecified atom stereocenters. The molecular formula is C8H7N3O2S. The minimum absolute atomic E-state index is 0.227. The number of hydrogen-bond acceptors (Lipinski definition) is 6. The van der Waals surface area contributed by atoms with Crippen LogP contribution in [0.4, 0.5) is 0 Å². The lowest BCUT2D eigenvalue weighted by molar-refractivity contribution is -0.132. The summed E-state index contributed by atoms with van der Waals surface area (Å²) in [5.41, 5.74) is 0.810. The van der Waals surface area contributed by atoms with Gasteiger partial charge in [-0.25, -0.2) is 14.8 Å². The van der Waals surface area contributed by atoms with Gasteiger partial charge in [0, 0.05) is 6.20 Å². The first-order chi connectivity index (χ1) is 6.83. The van der Waals surface area contributed by atoms with Crippen LogP contribution in [-0.4, -0.2) is 36.7 Å². The van der Waals surface area contributed by atoms with E-state index in [1.165, 1.54) is 25.2 Å². The zero-order valence-corrected chi connectivity index (χ0v) is 8.24. The predicted molar refractivity (Wildman–Crippen MR) is 55.9 cm³/mol. The Labute approximate surface area is 84.7 Å². The summed E-state index contributed by atoms with van der Waals surface area (Å²) in [5.74, 6) is 0.123. The standard InChI is InChI=1S/C8H7N3O2S/c1-13-8(12)7-6-5(14-4-11-6)2-9-3-10-7/h2-3H,4H2,1H3. The minimum Gasteiger partial charge on any atom is -0.464 e. The summed E-state index contributed by atoms with van der Waals surface area (Å²) in [5, 5.41) is 0. The van der Waals surface area contributed by atoms with Gasteiger partial charge in [0.05, 0.1) is 17.9 Å². The molecule has 6 heteroatoms. The van der Waals surface area contributed by atoms with Gasteiger partial charge in [-0.3, -0.25) is 4.99 Å². The monoisotopic (exact) mass is 209 g/mol. The molecule has 0 fully saturated rings. The number of rotatable bonds is 1. The van der Waals surface area contributed by atoms with Crippen molar-refractivity contribution in [1.82, 2.24) is 0 Å². The van der Waals surface area contributed by atoms with Crippen molar-refractivity contribution >= 4 is 35.5 Å². The molecule has 2 aliphatic heterocycles. The average molecular weight is 209 g/mol. The summed E-state index contributed by atoms with van der Waals surface area (Å²) >= 11 is 1.53. The Balaban J connectivity index is 2.41. The molecule has 0 spiro atoms. The van der Waals surface area contributed by atoms with E-state index in [2.05, 4.69) is 19.7 Å². The van der Waals surface area contributed by atoms with Gasteiger partial charge in [0.2, 0.25) is 0 Å². The quantitative estimate of drug-likeness (QED) is 0.595. The maximum atomic E-state index is 11.3. The summed E-state index contributed by atoms with van der Waals surface area (Å²) in [7, 11) is 1.32. The number of carbonyl (C=O) groups is 1. The van der Waals surface area contributed by atoms with Crippen LogP contribution in [0, 0.1) is 0 Å². The van der Waals surface area contributed by atoms with Crippen LogP contribution in [0.3, 0.4) is 0 Å². The van der Waals surface area contributed by atoms with Crippen molar-refractivity contribution < 1.29 is 9.53 Å². The molecule has 2 aliphatic rings. The fourth-order valence-corrected chi connectivity index (χ4v) is 1.87. The zero-order chi connectivity index (χ0) is 9.97. The number of aliphatic imine (C=N–C) groups is 3. The van der Waals surface area contributed by atoms with Crippen LogP contribution in [0.25, 0.3) is 0 Å². The molecular weight excluding hydrogens is 202 g/mol. The Morgan fingerprint density at radius 1 is 1.64 bits per heavy atom. The summed E-state index contributed by atoms with van der Waals surface area (Å²) in [6.07, 6.45) is 2.97. The van der Waals surface area contributed by atoms with Crippen molar-refractivity contribution in [3.8, 4) is 0 Å². The Bertz CT molecular complexity index is 395. The minimum atomic E-state index is -0.481. The first kappa shape index (κ1) is 9.14. The van der Waals surface area contributed by atoms with Gasteiger partial charge < -0.3 is 4.74 Å². The van der Waals surface area contributed by atoms with E-state index < -0.39 is 5.97 Å². The third kappa shape index (κ3) is 1.48. The molecule has 0 N–H and O–H groups in total. The normalized spacial score (nSPS) is 19.1. The fraction of sp³-hybridized carbons (Fsp3) is 0.250. The molecule has 2 rings (SSSR count). The SMILES string of the molecule is COC(=O)C1=NC=NC=C2SCN=C21. The van der Waals surface area contributed by atoms with E-state index in [9.17, 15) is 4.79 Å². The van der Waals surface area contributed by atoms with Crippen LogP contribution in [0.5, 0.6) is 0 Å². The van der Waals surface area contributed by atoms with Crippen LogP contribution in [0.1, 0.15) is 0 Å². The zero-order valence-electron chi connectivity index (χ0n) is 7.43. The van der Waals surface area contributed by atoms with Gasteiger partial charge in [-0.15, -0.1) is 0 Å². The molecule has 0 atom stereocenters. The van der Waals surface area contributed by atoms with E-state index in [0.717, 1.165) is 4.91 Å². The molecule has 0 bridgehead atoms. The van der Waals surface area contributed by atoms with E-state index in [4.69, 9.17) is 0 Å². The molecule has 0 aromatic carbocycles. The average Bonchev–Trinajstić information content (AvgIpc) is 2.57. The molecule has 0 aromatic rings. The Hall–Kier alpha value is -1.43. The summed E-state index contributed by atoms with van der Waals surface area (Å²) in [4.78, 5) is 24.1. The van der Waals surface area contributed by atoms with Crippen LogP contribution < -0.4 is 0 Å². The van der Waals surface area contributed by atoms with Gasteiger partial charge in [-0.1, -0.05) is 11.8 Å². The molecule has 0 saturated heterocycles. The second-order valence-electron chi connectivity index (χ2n) is 2.51. The first-order valence-electron chi connectivity index (χ1n) is 3.89. The second-order valence-corrected chi connectivity index (χ2v) is 3.49. The molecule has 0 radical (unpaired) electrons. The third-order valence-electron chi connectivity index (χ3n) is 1.72. The van der Waals surface area contributed by atoms with Crippen LogP contribution in [0.15, 0.2) is 26.1 Å². The summed E-state index contributed by atoms with van der Waals surface area (Å²) in [6, 6.07) is 0. The topological polar surface area (TPSA) is 63.4 Å². The lowest BCUT2D eigenvalue weighted by atomic mass is 10.2. The number of methoxy groups -OCH3 is 1. The van der Waals surface area contributed by atoms with Crippen LogP contribution in [-0.2, 0) is 9.53 Å². The number of ether oxygens (including phenoxy) is 1. The first-order valence-corrected chi connectivity index (χ1v) is 4.87. The van der Waals surface area contributed by atoms with Crippen molar-refractivity contribution in [3.63, 3.8) is 0 Å². The lowest BCUT2D eigenvalue weighted by Crippen LogP contribution is -2.24. The second kappa shape index (κ2) is 3.75. The van der Waals surface area contributed by atoms with Crippen molar-refractivity contribution in [3.05, 3.63) is 11.1 Å². The molecule has 0 amide bonds. The predicted octanol–water partition coefficient (Wildman–Crippen LogP) is 0.629. The maximum absolute atomic E-state index is 11.3. The number of allylic oxidation sites excluding steroid dienone is 1. The van der Waals surface area contributed by atoms with Crippen molar-refractivity contribution in [2.45, 2.75) is 0 Å².